The van der Waals surface area contributed by atoms with Crippen LogP contribution in [0.3, 0.4) is 0 Å². The van der Waals surface area contributed by atoms with Crippen molar-refractivity contribution in [1.29, 1.82) is 0 Å². The lowest BCUT2D eigenvalue weighted by molar-refractivity contribution is -0.572. The lowest BCUT2D eigenvalue weighted by atomic mass is 9.88. The molecule has 1 amide bonds. The number of alkyl halides is 3. The van der Waals surface area contributed by atoms with E-state index in [1.807, 2.05) is 0 Å². The summed E-state index contributed by atoms with van der Waals surface area (Å²) in [6, 6.07) is 3.33. The fraction of sp³-hybridized carbons (Fsp3) is 0.208. The van der Waals surface area contributed by atoms with Gasteiger partial charge in [0.05, 0.1) is 6.21 Å². The van der Waals surface area contributed by atoms with E-state index in [9.17, 15) is 27.6 Å². The Morgan fingerprint density at radius 1 is 1.20 bits per heavy atom. The lowest BCUT2D eigenvalue weighted by Gasteiger charge is -2.33. The van der Waals surface area contributed by atoms with Gasteiger partial charge in [-0.2, -0.15) is 24.0 Å². The number of carbonyl (C=O) groups excluding carboxylic acids is 3. The summed E-state index contributed by atoms with van der Waals surface area (Å²) in [6.07, 6.45) is 4.38. The Morgan fingerprint density at radius 3 is 2.57 bits per heavy atom. The van der Waals surface area contributed by atoms with Crippen LogP contribution in [-0.2, 0) is 4.74 Å². The Kier molecular flexibility index (Phi) is 6.05. The van der Waals surface area contributed by atoms with E-state index in [1.54, 1.807) is 45.4 Å². The number of thiazole rings is 1. The Hall–Kier alpha value is -3.86. The predicted octanol–water partition coefficient (Wildman–Crippen LogP) is 4.32. The van der Waals surface area contributed by atoms with Gasteiger partial charge in [0.1, 0.15) is 11.4 Å². The van der Waals surface area contributed by atoms with E-state index >= 15 is 0 Å². The van der Waals surface area contributed by atoms with Crippen LogP contribution in [0.15, 0.2) is 53.7 Å². The van der Waals surface area contributed by atoms with Crippen molar-refractivity contribution in [2.75, 3.05) is 0 Å². The molecule has 0 N–H and O–H groups in total. The SMILES string of the molecule is CC(C)(C)OC(=O)[N+]1=C[C-](C(=O)c2c[s+][c-](-c3cccnc3)[n+]2C(=O)C(F)(F)F)C2=C[CH-]C=C[C-]21. The summed E-state index contributed by atoms with van der Waals surface area (Å²) >= 11 is 0.806. The second kappa shape index (κ2) is 8.73. The van der Waals surface area contributed by atoms with E-state index in [1.165, 1.54) is 36.1 Å². The van der Waals surface area contributed by atoms with Gasteiger partial charge in [-0.3, -0.25) is 17.0 Å². The third-order valence-electron chi connectivity index (χ3n) is 4.86. The first kappa shape index (κ1) is 24.3. The number of carbonyl (C=O) groups is 3. The van der Waals surface area contributed by atoms with Crippen LogP contribution in [0.2, 0.25) is 0 Å². The van der Waals surface area contributed by atoms with E-state index in [2.05, 4.69) is 4.98 Å². The fourth-order valence-corrected chi connectivity index (χ4v) is 4.44. The second-order valence-corrected chi connectivity index (χ2v) is 9.40. The highest BCUT2D eigenvalue weighted by atomic mass is 32.1. The summed E-state index contributed by atoms with van der Waals surface area (Å²) in [5.74, 6) is -3.12. The van der Waals surface area contributed by atoms with Crippen molar-refractivity contribution >= 4 is 35.3 Å². The minimum atomic E-state index is -5.23. The molecular weight excluding hydrogens is 483 g/mol. The molecule has 2 aliphatic rings. The van der Waals surface area contributed by atoms with Crippen LogP contribution in [0.5, 0.6) is 0 Å². The molecule has 2 aromatic heterocycles. The van der Waals surface area contributed by atoms with Gasteiger partial charge in [0.15, 0.2) is 0 Å². The maximum absolute atomic E-state index is 13.6. The Labute approximate surface area is 202 Å². The Bertz CT molecular complexity index is 1290. The molecule has 4 rings (SSSR count). The van der Waals surface area contributed by atoms with Gasteiger partial charge in [0, 0.05) is 11.8 Å². The molecule has 7 nitrogen and oxygen atoms in total. The number of ketones is 1. The highest BCUT2D eigenvalue weighted by Gasteiger charge is 2.50. The number of ether oxygens (including phenoxy) is 1. The van der Waals surface area contributed by atoms with Crippen LogP contribution < -0.4 is 4.57 Å². The number of hydrogen-bond donors (Lipinski definition) is 0. The normalized spacial score (nSPS) is 15.3. The summed E-state index contributed by atoms with van der Waals surface area (Å²) in [4.78, 5) is 42.6. The molecule has 3 heterocycles. The molecule has 182 valence electrons. The number of pyridine rings is 1. The van der Waals surface area contributed by atoms with Crippen molar-refractivity contribution in [3.05, 3.63) is 77.8 Å². The van der Waals surface area contributed by atoms with Crippen molar-refractivity contribution in [2.24, 2.45) is 0 Å². The summed E-state index contributed by atoms with van der Waals surface area (Å²) in [5, 5.41) is 1.09. The average Bonchev–Trinajstić information content (AvgIpc) is 3.39. The minimum Gasteiger partial charge on any atom is -0.407 e. The van der Waals surface area contributed by atoms with Crippen LogP contribution in [0.25, 0.3) is 10.6 Å². The summed E-state index contributed by atoms with van der Waals surface area (Å²) in [5.41, 5.74) is -0.738. The highest BCUT2D eigenvalue weighted by molar-refractivity contribution is 7.13. The number of Topliss-reactive ketones (excluding diaryl/α,β-unsaturated/α-hetero) is 1. The Balaban J connectivity index is 1.80. The Morgan fingerprint density at radius 2 is 1.94 bits per heavy atom. The lowest BCUT2D eigenvalue weighted by Crippen LogP contribution is -2.54. The van der Waals surface area contributed by atoms with Crippen LogP contribution in [0.4, 0.5) is 18.0 Å². The monoisotopic (exact) mass is 502 g/mol. The first-order valence-corrected chi connectivity index (χ1v) is 11.2. The molecule has 0 aromatic carbocycles. The number of aromatic nitrogens is 2. The molecule has 11 heteroatoms. The fourth-order valence-electron chi connectivity index (χ4n) is 3.46. The molecule has 0 fully saturated rings. The van der Waals surface area contributed by atoms with Crippen LogP contribution in [0.1, 0.15) is 36.1 Å². The zero-order valence-corrected chi connectivity index (χ0v) is 19.6. The molecular formula is C24H19F3N3O4S-. The standard InChI is InChI=1S/C24H19F3N3O4S/c1-23(2,3)34-22(33)29-12-16(15-8-4-5-9-17(15)29)19(31)18-13-35-20(14-7-6-10-28-11-14)30(18)21(32)24(25,26)27/h4-13H,1-3H3/q-1. The minimum absolute atomic E-state index is 0.0503. The van der Waals surface area contributed by atoms with Crippen LogP contribution >= 0.6 is 11.3 Å². The van der Waals surface area contributed by atoms with Gasteiger partial charge in [-0.15, -0.1) is 10.5 Å². The van der Waals surface area contributed by atoms with Crippen molar-refractivity contribution in [2.45, 2.75) is 32.5 Å². The molecule has 2 aromatic rings. The number of halogens is 3. The molecule has 0 atom stereocenters. The molecule has 1 aliphatic heterocycles. The van der Waals surface area contributed by atoms with Crippen molar-refractivity contribution in [1.82, 2.24) is 4.98 Å². The summed E-state index contributed by atoms with van der Waals surface area (Å²) in [6.45, 7) is 5.04. The topological polar surface area (TPSA) is 80.2 Å². The number of rotatable bonds is 3. The third kappa shape index (κ3) is 4.72. The molecule has 0 radical (unpaired) electrons. The number of nitrogens with zero attached hydrogens (tertiary/aromatic N) is 3. The van der Waals surface area contributed by atoms with Gasteiger partial charge in [0.25, 0.3) is 0 Å². The molecule has 0 spiro atoms. The number of allylic oxidation sites excluding steroid dienone is 2. The number of hydrogen-bond acceptors (Lipinski definition) is 5. The summed E-state index contributed by atoms with van der Waals surface area (Å²) < 4.78 is 47.4. The second-order valence-electron chi connectivity index (χ2n) is 8.55. The predicted molar refractivity (Wildman–Crippen MR) is 119 cm³/mol. The number of amides is 1. The van der Waals surface area contributed by atoms with Gasteiger partial charge in [-0.25, -0.2) is 15.4 Å². The van der Waals surface area contributed by atoms with Gasteiger partial charge < -0.3 is 15.6 Å². The largest absolute Gasteiger partial charge is 0.582 e. The average molecular weight is 502 g/mol. The molecule has 35 heavy (non-hydrogen) atoms. The van der Waals surface area contributed by atoms with Gasteiger partial charge in [-0.1, -0.05) is 12.1 Å². The van der Waals surface area contributed by atoms with Crippen molar-refractivity contribution < 1.29 is 41.4 Å². The summed E-state index contributed by atoms with van der Waals surface area (Å²) in [7, 11) is 0. The van der Waals surface area contributed by atoms with Gasteiger partial charge in [-0.05, 0) is 33.0 Å². The first-order chi connectivity index (χ1) is 16.4. The first-order valence-electron chi connectivity index (χ1n) is 10.3. The number of fused-ring (bicyclic) bond motifs is 1. The van der Waals surface area contributed by atoms with Crippen LogP contribution in [0, 0.1) is 18.4 Å². The zero-order valence-electron chi connectivity index (χ0n) is 18.8. The highest BCUT2D eigenvalue weighted by Crippen LogP contribution is 2.37. The third-order valence-corrected chi connectivity index (χ3v) is 5.84. The maximum Gasteiger partial charge on any atom is 0.582 e. The van der Waals surface area contributed by atoms with E-state index in [0.29, 0.717) is 16.2 Å². The van der Waals surface area contributed by atoms with E-state index in [4.69, 9.17) is 4.74 Å². The van der Waals surface area contributed by atoms with E-state index in [-0.39, 0.29) is 16.5 Å². The van der Waals surface area contributed by atoms with Crippen LogP contribution in [-0.4, -0.2) is 45.3 Å². The smallest absolute Gasteiger partial charge is 0.407 e. The molecule has 1 aliphatic carbocycles. The molecule has 0 bridgehead atoms. The quantitative estimate of drug-likeness (QED) is 0.270. The van der Waals surface area contributed by atoms with Gasteiger partial charge >= 0.3 is 23.2 Å². The molecule has 0 saturated heterocycles. The molecule has 0 saturated carbocycles. The maximum atomic E-state index is 13.6. The van der Waals surface area contributed by atoms with Crippen molar-refractivity contribution in [3.8, 4) is 10.6 Å². The van der Waals surface area contributed by atoms with E-state index in [0.717, 1.165) is 15.9 Å². The van der Waals surface area contributed by atoms with Gasteiger partial charge in [0.2, 0.25) is 22.4 Å². The zero-order chi connectivity index (χ0) is 25.5. The molecule has 0 unspecified atom stereocenters. The van der Waals surface area contributed by atoms with E-state index < -0.39 is 35.3 Å². The van der Waals surface area contributed by atoms with Crippen molar-refractivity contribution in [3.63, 3.8) is 0 Å².